The lowest BCUT2D eigenvalue weighted by Gasteiger charge is -2.38. The highest BCUT2D eigenvalue weighted by atomic mass is 79.9. The lowest BCUT2D eigenvalue weighted by atomic mass is 9.73. The van der Waals surface area contributed by atoms with Crippen molar-refractivity contribution < 1.29 is 14.3 Å². The van der Waals surface area contributed by atoms with Gasteiger partial charge in [0.15, 0.2) is 17.3 Å². The minimum atomic E-state index is -0.451. The number of Topliss-reactive ketones (excluding diaryl/α,β-unsaturated/α-hetero) is 1. The second kappa shape index (κ2) is 11.4. The number of nitrogens with zero attached hydrogens (tertiary/aromatic N) is 3. The molecule has 11 heteroatoms. The summed E-state index contributed by atoms with van der Waals surface area (Å²) in [6.07, 6.45) is 2.22. The average Bonchev–Trinajstić information content (AvgIpc) is 3.27. The minimum Gasteiger partial charge on any atom is -0.493 e. The van der Waals surface area contributed by atoms with Crippen LogP contribution in [-0.2, 0) is 11.4 Å². The Morgan fingerprint density at radius 2 is 2.03 bits per heavy atom. The van der Waals surface area contributed by atoms with E-state index < -0.39 is 6.04 Å². The van der Waals surface area contributed by atoms with Crippen molar-refractivity contribution in [1.29, 1.82) is 0 Å². The Labute approximate surface area is 250 Å². The molecule has 206 valence electrons. The molecule has 0 amide bonds. The fourth-order valence-corrected chi connectivity index (χ4v) is 6.70. The van der Waals surface area contributed by atoms with Crippen LogP contribution >= 0.6 is 50.9 Å². The van der Waals surface area contributed by atoms with E-state index in [2.05, 4.69) is 42.0 Å². The molecule has 0 spiro atoms. The van der Waals surface area contributed by atoms with Gasteiger partial charge in [0.05, 0.1) is 11.6 Å². The van der Waals surface area contributed by atoms with Crippen molar-refractivity contribution >= 4 is 62.6 Å². The Hall–Kier alpha value is -2.20. The van der Waals surface area contributed by atoms with Crippen LogP contribution in [0, 0.1) is 5.41 Å². The van der Waals surface area contributed by atoms with Gasteiger partial charge < -0.3 is 14.8 Å². The fraction of sp³-hybridized carbons (Fsp3) is 0.393. The van der Waals surface area contributed by atoms with Gasteiger partial charge in [-0.3, -0.25) is 4.79 Å². The van der Waals surface area contributed by atoms with Crippen LogP contribution in [0.1, 0.15) is 57.2 Å². The van der Waals surface area contributed by atoms with E-state index in [0.717, 1.165) is 35.4 Å². The van der Waals surface area contributed by atoms with Gasteiger partial charge >= 0.3 is 0 Å². The van der Waals surface area contributed by atoms with Crippen molar-refractivity contribution in [3.63, 3.8) is 0 Å². The van der Waals surface area contributed by atoms with Crippen LogP contribution < -0.4 is 14.8 Å². The van der Waals surface area contributed by atoms with Gasteiger partial charge in [-0.15, -0.1) is 5.10 Å². The van der Waals surface area contributed by atoms with Crippen LogP contribution in [0.15, 0.2) is 51.2 Å². The number of ketones is 1. The van der Waals surface area contributed by atoms with Gasteiger partial charge in [-0.2, -0.15) is 4.98 Å². The average molecular weight is 652 g/mol. The van der Waals surface area contributed by atoms with E-state index in [1.807, 2.05) is 22.9 Å². The van der Waals surface area contributed by atoms with Crippen LogP contribution in [0.2, 0.25) is 10.0 Å². The molecule has 1 aliphatic carbocycles. The van der Waals surface area contributed by atoms with Crippen molar-refractivity contribution in [1.82, 2.24) is 14.8 Å². The molecule has 0 bridgehead atoms. The van der Waals surface area contributed by atoms with E-state index in [1.165, 1.54) is 0 Å². The number of halogens is 3. The number of carbonyl (C=O) groups excluding carboxylic acids is 1. The molecule has 2 aromatic carbocycles. The molecule has 0 radical (unpaired) electrons. The van der Waals surface area contributed by atoms with E-state index in [4.69, 9.17) is 42.8 Å². The summed E-state index contributed by atoms with van der Waals surface area (Å²) in [5.74, 6) is 2.71. The second-order valence-electron chi connectivity index (χ2n) is 10.4. The monoisotopic (exact) mass is 650 g/mol. The van der Waals surface area contributed by atoms with E-state index in [1.54, 1.807) is 31.0 Å². The van der Waals surface area contributed by atoms with E-state index in [-0.39, 0.29) is 17.8 Å². The highest BCUT2D eigenvalue weighted by Crippen LogP contribution is 2.48. The lowest BCUT2D eigenvalue weighted by Crippen LogP contribution is -2.36. The summed E-state index contributed by atoms with van der Waals surface area (Å²) in [6, 6.07) is 8.70. The van der Waals surface area contributed by atoms with Crippen molar-refractivity contribution in [2.24, 2.45) is 5.41 Å². The zero-order valence-electron chi connectivity index (χ0n) is 22.1. The SMILES string of the molecule is CCCSc1nc2n(n1)C(c1cc(Br)c(OCc3ccc(Cl)cc3Cl)c(OC)c1)C1=C(CC(C)(C)CC1=O)N2. The third-order valence-corrected chi connectivity index (χ3v) is 8.92. The number of thioether (sulfide) groups is 1. The van der Waals surface area contributed by atoms with Gasteiger partial charge in [-0.1, -0.05) is 61.8 Å². The zero-order chi connectivity index (χ0) is 27.9. The molecule has 1 N–H and O–H groups in total. The molecule has 0 fully saturated rings. The molecule has 0 saturated heterocycles. The normalized spacial score (nSPS) is 17.9. The summed E-state index contributed by atoms with van der Waals surface area (Å²) < 4.78 is 14.4. The first-order chi connectivity index (χ1) is 18.6. The standard InChI is InChI=1S/C28H29BrCl2N4O3S/c1-5-8-39-27-33-26-32-20-12-28(2,3)13-21(36)23(20)24(35(26)34-27)16-9-18(29)25(22(10-16)37-4)38-14-15-6-7-17(30)11-19(15)31/h6-7,9-11,24H,5,8,12-14H2,1-4H3,(H,32,33,34). The Morgan fingerprint density at radius 3 is 2.74 bits per heavy atom. The molecule has 0 saturated carbocycles. The molecule has 1 unspecified atom stereocenters. The molecule has 1 aliphatic heterocycles. The number of hydrogen-bond acceptors (Lipinski definition) is 7. The van der Waals surface area contributed by atoms with Gasteiger partial charge in [-0.25, -0.2) is 4.68 Å². The van der Waals surface area contributed by atoms with Gasteiger partial charge in [0.25, 0.3) is 0 Å². The molecule has 2 heterocycles. The van der Waals surface area contributed by atoms with Crippen LogP contribution in [0.5, 0.6) is 11.5 Å². The number of fused-ring (bicyclic) bond motifs is 1. The Morgan fingerprint density at radius 1 is 1.23 bits per heavy atom. The fourth-order valence-electron chi connectivity index (χ4n) is 4.98. The number of nitrogens with one attached hydrogen (secondary N) is 1. The predicted molar refractivity (Wildman–Crippen MR) is 159 cm³/mol. The first kappa shape index (κ1) is 28.3. The molecule has 1 aromatic heterocycles. The van der Waals surface area contributed by atoms with Crippen LogP contribution in [0.3, 0.4) is 0 Å². The number of rotatable bonds is 8. The summed E-state index contributed by atoms with van der Waals surface area (Å²) in [4.78, 5) is 18.3. The Kier molecular flexibility index (Phi) is 8.25. The molecular weight excluding hydrogens is 623 g/mol. The number of anilines is 1. The van der Waals surface area contributed by atoms with Crippen molar-refractivity contribution in [2.45, 2.75) is 57.8 Å². The third kappa shape index (κ3) is 5.82. The van der Waals surface area contributed by atoms with E-state index in [0.29, 0.717) is 49.1 Å². The molecule has 1 atom stereocenters. The first-order valence-electron chi connectivity index (χ1n) is 12.7. The second-order valence-corrected chi connectivity index (χ2v) is 13.2. The zero-order valence-corrected chi connectivity index (χ0v) is 26.0. The minimum absolute atomic E-state index is 0.107. The van der Waals surface area contributed by atoms with Gasteiger partial charge in [-0.05, 0) is 64.0 Å². The van der Waals surface area contributed by atoms with Crippen LogP contribution in [0.25, 0.3) is 0 Å². The van der Waals surface area contributed by atoms with Crippen LogP contribution in [-0.4, -0.2) is 33.4 Å². The quantitative estimate of drug-likeness (QED) is 0.247. The summed E-state index contributed by atoms with van der Waals surface area (Å²) in [5.41, 5.74) is 3.12. The molecule has 39 heavy (non-hydrogen) atoms. The summed E-state index contributed by atoms with van der Waals surface area (Å²) in [7, 11) is 1.59. The highest BCUT2D eigenvalue weighted by Gasteiger charge is 2.42. The van der Waals surface area contributed by atoms with Crippen molar-refractivity contribution in [3.05, 3.63) is 67.2 Å². The predicted octanol–water partition coefficient (Wildman–Crippen LogP) is 8.10. The number of hydrogen-bond donors (Lipinski definition) is 1. The molecule has 2 aliphatic rings. The van der Waals surface area contributed by atoms with Gasteiger partial charge in [0.2, 0.25) is 11.1 Å². The molecule has 5 rings (SSSR count). The third-order valence-electron chi connectivity index (χ3n) is 6.70. The number of benzene rings is 2. The van der Waals surface area contributed by atoms with Crippen molar-refractivity contribution in [3.8, 4) is 11.5 Å². The van der Waals surface area contributed by atoms with E-state index in [9.17, 15) is 4.79 Å². The lowest BCUT2D eigenvalue weighted by molar-refractivity contribution is -0.118. The number of aromatic nitrogens is 3. The number of methoxy groups -OCH3 is 1. The Balaban J connectivity index is 1.56. The largest absolute Gasteiger partial charge is 0.493 e. The molecule has 7 nitrogen and oxygen atoms in total. The number of ether oxygens (including phenoxy) is 2. The first-order valence-corrected chi connectivity index (χ1v) is 15.2. The maximum atomic E-state index is 13.6. The summed E-state index contributed by atoms with van der Waals surface area (Å²) in [5, 5.41) is 10.0. The summed E-state index contributed by atoms with van der Waals surface area (Å²) >= 11 is 17.7. The Bertz CT molecular complexity index is 1470. The smallest absolute Gasteiger partial charge is 0.227 e. The van der Waals surface area contributed by atoms with Gasteiger partial charge in [0, 0.05) is 39.1 Å². The molecular formula is C28H29BrCl2N4O3S. The van der Waals surface area contributed by atoms with Crippen molar-refractivity contribution in [2.75, 3.05) is 18.2 Å². The van der Waals surface area contributed by atoms with Crippen LogP contribution in [0.4, 0.5) is 5.95 Å². The molecule has 3 aromatic rings. The maximum absolute atomic E-state index is 13.6. The number of carbonyl (C=O) groups is 1. The summed E-state index contributed by atoms with van der Waals surface area (Å²) in [6.45, 7) is 6.59. The number of allylic oxidation sites excluding steroid dienone is 2. The highest BCUT2D eigenvalue weighted by molar-refractivity contribution is 9.10. The van der Waals surface area contributed by atoms with E-state index >= 15 is 0 Å². The topological polar surface area (TPSA) is 78.3 Å². The van der Waals surface area contributed by atoms with Gasteiger partial charge in [0.1, 0.15) is 12.6 Å². The maximum Gasteiger partial charge on any atom is 0.227 e.